The highest BCUT2D eigenvalue weighted by Gasteiger charge is 2.66. The Morgan fingerprint density at radius 2 is 2.02 bits per heavy atom. The number of fused-ring (bicyclic) bond motifs is 1. The minimum Gasteiger partial charge on any atom is -0.477 e. The molecule has 17 nitrogen and oxygen atoms in total. The van der Waals surface area contributed by atoms with Crippen LogP contribution in [0.4, 0.5) is 0 Å². The molecule has 0 aliphatic carbocycles. The number of carboxylic acid groups (broad SMARTS) is 1. The van der Waals surface area contributed by atoms with Gasteiger partial charge in [0, 0.05) is 31.7 Å². The zero-order valence-corrected chi connectivity index (χ0v) is 25.3. The van der Waals surface area contributed by atoms with Crippen LogP contribution >= 0.6 is 23.5 Å². The first kappa shape index (κ1) is 31.2. The van der Waals surface area contributed by atoms with E-state index in [4.69, 9.17) is 14.0 Å². The average Bonchev–Trinajstić information content (AvgIpc) is 3.61. The largest absolute Gasteiger partial charge is 0.477 e. The molecule has 0 unspecified atom stereocenters. The average molecular weight is 666 g/mol. The van der Waals surface area contributed by atoms with Crippen molar-refractivity contribution in [2.45, 2.75) is 22.0 Å². The van der Waals surface area contributed by atoms with E-state index in [1.165, 1.54) is 28.6 Å². The highest BCUT2D eigenvalue weighted by molar-refractivity contribution is 8.01. The highest BCUT2D eigenvalue weighted by Crippen LogP contribution is 2.47. The summed E-state index contributed by atoms with van der Waals surface area (Å²) >= 11 is 2.33. The minimum atomic E-state index is -4.18. The second-order valence-corrected chi connectivity index (χ2v) is 13.5. The molecule has 1 fully saturated rings. The number of rotatable bonds is 12. The molecule has 20 heteroatoms. The number of hydrogen-bond donors (Lipinski definition) is 2. The van der Waals surface area contributed by atoms with E-state index in [-0.39, 0.29) is 34.4 Å². The van der Waals surface area contributed by atoms with Gasteiger partial charge in [0.1, 0.15) is 22.6 Å². The molecule has 2 amide bonds. The van der Waals surface area contributed by atoms with Crippen LogP contribution in [0.3, 0.4) is 0 Å². The van der Waals surface area contributed by atoms with Gasteiger partial charge in [0.25, 0.3) is 17.5 Å². The number of β-lactam (4-membered cyclic amide) rings is 1. The van der Waals surface area contributed by atoms with Gasteiger partial charge in [0.15, 0.2) is 15.6 Å². The molecule has 2 aromatic heterocycles. The molecule has 2 N–H and O–H groups in total. The van der Waals surface area contributed by atoms with Crippen molar-refractivity contribution in [3.05, 3.63) is 59.0 Å². The van der Waals surface area contributed by atoms with Gasteiger partial charge < -0.3 is 24.4 Å². The Kier molecular flexibility index (Phi) is 8.77. The number of nitrogens with one attached hydrogen (secondary N) is 1. The first-order valence-electron chi connectivity index (χ1n) is 12.5. The predicted octanol–water partition coefficient (Wildman–Crippen LogP) is -0.163. The fourth-order valence-corrected chi connectivity index (χ4v) is 7.97. The summed E-state index contributed by atoms with van der Waals surface area (Å²) in [5.41, 5.74) is -1.58. The van der Waals surface area contributed by atoms with Crippen LogP contribution in [0.5, 0.6) is 5.88 Å². The number of carboxylic acids is 1. The Hall–Kier alpha value is -4.27. The number of ether oxygens (including phenoxy) is 2. The maximum absolute atomic E-state index is 13.3. The molecule has 0 spiro atoms. The van der Waals surface area contributed by atoms with Crippen molar-refractivity contribution in [3.8, 4) is 5.88 Å². The van der Waals surface area contributed by atoms with Gasteiger partial charge in [-0.1, -0.05) is 30.0 Å². The van der Waals surface area contributed by atoms with Crippen molar-refractivity contribution in [2.75, 3.05) is 24.4 Å². The van der Waals surface area contributed by atoms with Crippen molar-refractivity contribution < 1.29 is 46.7 Å². The number of thioether (sulfide) groups is 2. The lowest BCUT2D eigenvalue weighted by Gasteiger charge is -2.55. The molecular weight excluding hydrogens is 643 g/mol. The van der Waals surface area contributed by atoms with Crippen LogP contribution in [0.15, 0.2) is 57.3 Å². The number of esters is 1. The summed E-state index contributed by atoms with van der Waals surface area (Å²) in [6.07, 6.45) is 0. The maximum Gasteiger partial charge on any atom is 0.352 e. The summed E-state index contributed by atoms with van der Waals surface area (Å²) in [6, 6.07) is 9.14. The summed E-state index contributed by atoms with van der Waals surface area (Å²) in [5, 5.41) is 26.4. The standard InChI is InChI=1S/C24H23N7O10S3/c1-30-23(26-28-29-30)43-10-14-9-42-22-24(39-2,21(36)31(22)18(14)19(33)34)25-16(32)12-44(37,38)11-15-8-17(27-41-15)40-20(35)13-6-4-3-5-7-13/h3-8,22H,9-12H2,1-2H3,(H,25,32)(H,33,34)/t22-,24+/m1/s1. The van der Waals surface area contributed by atoms with Gasteiger partial charge in [-0.2, -0.15) is 0 Å². The van der Waals surface area contributed by atoms with Gasteiger partial charge in [-0.25, -0.2) is 22.7 Å². The molecule has 4 heterocycles. The van der Waals surface area contributed by atoms with Gasteiger partial charge in [-0.3, -0.25) is 14.5 Å². The molecule has 1 aromatic carbocycles. The first-order chi connectivity index (χ1) is 20.9. The van der Waals surface area contributed by atoms with Crippen LogP contribution in [0, 0.1) is 0 Å². The van der Waals surface area contributed by atoms with Crippen LogP contribution in [0.2, 0.25) is 0 Å². The maximum atomic E-state index is 13.3. The molecule has 3 aromatic rings. The molecule has 0 saturated carbocycles. The van der Waals surface area contributed by atoms with E-state index in [1.54, 1.807) is 25.2 Å². The molecule has 0 bridgehead atoms. The first-order valence-corrected chi connectivity index (χ1v) is 16.3. The summed E-state index contributed by atoms with van der Waals surface area (Å²) in [6.45, 7) is 0. The number of methoxy groups -OCH3 is 1. The third-order valence-electron chi connectivity index (χ3n) is 6.37. The van der Waals surface area contributed by atoms with E-state index >= 15 is 0 Å². The third-order valence-corrected chi connectivity index (χ3v) is 10.3. The molecule has 2 aliphatic rings. The molecule has 1 saturated heterocycles. The van der Waals surface area contributed by atoms with E-state index in [2.05, 4.69) is 26.0 Å². The van der Waals surface area contributed by atoms with Crippen molar-refractivity contribution in [1.29, 1.82) is 0 Å². The second-order valence-electron chi connectivity index (χ2n) is 9.38. The number of carbonyl (C=O) groups excluding carboxylic acids is 3. The second kappa shape index (κ2) is 12.4. The fourth-order valence-electron chi connectivity index (χ4n) is 4.40. The predicted molar refractivity (Wildman–Crippen MR) is 151 cm³/mol. The number of aryl methyl sites for hydroxylation is 1. The summed E-state index contributed by atoms with van der Waals surface area (Å²) in [5.74, 6) is -5.94. The Balaban J connectivity index is 1.22. The normalized spacial score (nSPS) is 19.7. The van der Waals surface area contributed by atoms with Crippen LogP contribution < -0.4 is 10.1 Å². The third kappa shape index (κ3) is 6.18. The van der Waals surface area contributed by atoms with Crippen molar-refractivity contribution >= 4 is 57.1 Å². The van der Waals surface area contributed by atoms with Gasteiger partial charge in [0.05, 0.1) is 5.56 Å². The number of aromatic nitrogens is 5. The Morgan fingerprint density at radius 3 is 2.68 bits per heavy atom. The van der Waals surface area contributed by atoms with E-state index in [9.17, 15) is 32.7 Å². The number of tetrazole rings is 1. The zero-order chi connectivity index (χ0) is 31.6. The molecule has 232 valence electrons. The number of hydrogen-bond acceptors (Lipinski definition) is 15. The lowest BCUT2D eigenvalue weighted by molar-refractivity contribution is -0.192. The Bertz CT molecular complexity index is 1760. The number of nitrogens with zero attached hydrogens (tertiary/aromatic N) is 6. The topological polar surface area (TPSA) is 226 Å². The van der Waals surface area contributed by atoms with Crippen LogP contribution in [0.25, 0.3) is 0 Å². The monoisotopic (exact) mass is 665 g/mol. The van der Waals surface area contributed by atoms with E-state index in [1.807, 2.05) is 0 Å². The number of carbonyl (C=O) groups is 4. The summed E-state index contributed by atoms with van der Waals surface area (Å²) < 4.78 is 42.4. The number of aliphatic carboxylic acids is 1. The Labute approximate surface area is 257 Å². The SMILES string of the molecule is CO[C@@]1(NC(=O)CS(=O)(=O)Cc2cc(OC(=O)c3ccccc3)no2)C(=O)N2C(C(=O)O)=C(CSc3nnnn3C)CS[C@@H]21. The van der Waals surface area contributed by atoms with Crippen LogP contribution in [0.1, 0.15) is 16.1 Å². The van der Waals surface area contributed by atoms with Crippen molar-refractivity contribution in [2.24, 2.45) is 7.05 Å². The van der Waals surface area contributed by atoms with Gasteiger partial charge in [-0.15, -0.1) is 16.9 Å². The molecule has 0 radical (unpaired) electrons. The smallest absolute Gasteiger partial charge is 0.352 e. The van der Waals surface area contributed by atoms with Gasteiger partial charge in [-0.05, 0) is 33.3 Å². The van der Waals surface area contributed by atoms with Gasteiger partial charge >= 0.3 is 11.9 Å². The fraction of sp³-hybridized carbons (Fsp3) is 0.333. The molecule has 44 heavy (non-hydrogen) atoms. The summed E-state index contributed by atoms with van der Waals surface area (Å²) in [4.78, 5) is 51.5. The number of amides is 2. The number of sulfone groups is 1. The Morgan fingerprint density at radius 1 is 1.27 bits per heavy atom. The highest BCUT2D eigenvalue weighted by atomic mass is 32.2. The van der Waals surface area contributed by atoms with Crippen LogP contribution in [-0.2, 0) is 41.8 Å². The quantitative estimate of drug-likeness (QED) is 0.111. The van der Waals surface area contributed by atoms with E-state index in [0.29, 0.717) is 10.7 Å². The molecule has 2 atom stereocenters. The van der Waals surface area contributed by atoms with E-state index < -0.39 is 56.2 Å². The molecule has 5 rings (SSSR count). The molecule has 2 aliphatic heterocycles. The van der Waals surface area contributed by atoms with Gasteiger partial charge in [0.2, 0.25) is 11.1 Å². The van der Waals surface area contributed by atoms with E-state index in [0.717, 1.165) is 29.8 Å². The molecular formula is C24H23N7O10S3. The lowest BCUT2D eigenvalue weighted by atomic mass is 9.98. The number of benzene rings is 1. The lowest BCUT2D eigenvalue weighted by Crippen LogP contribution is -2.81. The van der Waals surface area contributed by atoms with Crippen molar-refractivity contribution in [1.82, 2.24) is 35.6 Å². The zero-order valence-electron chi connectivity index (χ0n) is 22.9. The minimum absolute atomic E-state index is 0.177. The van der Waals surface area contributed by atoms with Crippen molar-refractivity contribution in [3.63, 3.8) is 0 Å². The van der Waals surface area contributed by atoms with Crippen LogP contribution in [-0.4, -0.2) is 103 Å². The summed E-state index contributed by atoms with van der Waals surface area (Å²) in [7, 11) is -1.40.